The third-order valence-corrected chi connectivity index (χ3v) is 0.541. The van der Waals surface area contributed by atoms with E-state index >= 15 is 0 Å². The van der Waals surface area contributed by atoms with Gasteiger partial charge >= 0.3 is 45.6 Å². The number of nitroso groups, excluding NO2 is 1. The first-order chi connectivity index (χ1) is 6.81. The molecule has 6 nitrogen and oxygen atoms in total. The maximum absolute atomic E-state index is 10.3. The summed E-state index contributed by atoms with van der Waals surface area (Å²) in [6.45, 7) is 14.5. The van der Waals surface area contributed by atoms with Crippen LogP contribution in [0.4, 0.5) is 0 Å². The van der Waals surface area contributed by atoms with Gasteiger partial charge in [-0.2, -0.15) is 0 Å². The van der Waals surface area contributed by atoms with Gasteiger partial charge in [0.1, 0.15) is 0 Å². The van der Waals surface area contributed by atoms with Gasteiger partial charge in [-0.25, -0.2) is 0 Å². The molecule has 83 valence electrons. The smallest absolute Gasteiger partial charge is 0.577 e. The first-order valence-corrected chi connectivity index (χ1v) is 3.03. The molecule has 0 heterocycles. The summed E-state index contributed by atoms with van der Waals surface area (Å²) in [4.78, 5) is 17.5. The largest absolute Gasteiger partial charge is 2.00 e. The second kappa shape index (κ2) is 51.7. The molecule has 0 fully saturated rings. The van der Waals surface area contributed by atoms with Gasteiger partial charge in [0.25, 0.3) is 0 Å². The van der Waals surface area contributed by atoms with E-state index in [0.717, 1.165) is 0 Å². The van der Waals surface area contributed by atoms with Crippen molar-refractivity contribution >= 4 is 5.97 Å². The molecule has 15 heavy (non-hydrogen) atoms. The summed E-state index contributed by atoms with van der Waals surface area (Å²) in [7, 11) is 0. The van der Waals surface area contributed by atoms with E-state index in [1.54, 1.807) is 6.92 Å². The molecule has 3 radical (unpaired) electrons. The SMILES string of the molecule is [C-]#[O+].[C-]#[O+].[CH2][CH][CH]C(=O)OCC.[Fe+2].[N-]=O. The molecular formula is C8H9FeNO5+. The molecule has 0 aliphatic rings. The Bertz CT molecular complexity index is 134. The second-order valence-electron chi connectivity index (χ2n) is 1.15. The van der Waals surface area contributed by atoms with Crippen molar-refractivity contribution in [2.24, 2.45) is 0 Å². The van der Waals surface area contributed by atoms with E-state index in [-0.39, 0.29) is 23.0 Å². The van der Waals surface area contributed by atoms with Crippen molar-refractivity contribution in [3.8, 4) is 0 Å². The normalized spacial score (nSPS) is 5.20. The van der Waals surface area contributed by atoms with E-state index in [1.165, 1.54) is 12.8 Å². The fourth-order valence-electron chi connectivity index (χ4n) is 0.287. The molecule has 0 aliphatic heterocycles. The topological polar surface area (TPSA) is 105 Å². The van der Waals surface area contributed by atoms with Gasteiger partial charge in [-0.1, -0.05) is 0 Å². The van der Waals surface area contributed by atoms with Crippen LogP contribution in [0.3, 0.4) is 0 Å². The molecule has 0 bridgehead atoms. The van der Waals surface area contributed by atoms with Gasteiger partial charge in [0.2, 0.25) is 0 Å². The van der Waals surface area contributed by atoms with Crippen LogP contribution in [0.1, 0.15) is 6.92 Å². The van der Waals surface area contributed by atoms with Gasteiger partial charge in [-0.05, 0) is 20.3 Å². The Morgan fingerprint density at radius 1 is 1.40 bits per heavy atom. The van der Waals surface area contributed by atoms with E-state index in [0.29, 0.717) is 6.61 Å². The maximum atomic E-state index is 10.3. The van der Waals surface area contributed by atoms with Crippen molar-refractivity contribution in [1.29, 1.82) is 0 Å². The monoisotopic (exact) mass is 255 g/mol. The van der Waals surface area contributed by atoms with Crippen LogP contribution in [0.2, 0.25) is 0 Å². The number of nitrogens with zero attached hydrogens (tertiary/aromatic N) is 1. The summed E-state index contributed by atoms with van der Waals surface area (Å²) in [5, 5.41) is 0. The summed E-state index contributed by atoms with van der Waals surface area (Å²) in [5.74, 6) is -0.331. The van der Waals surface area contributed by atoms with Crippen LogP contribution in [-0.2, 0) is 35.9 Å². The van der Waals surface area contributed by atoms with Crippen LogP contribution in [0, 0.1) is 38.0 Å². The number of hydrogen-bond acceptors (Lipinski definition) is 3. The quantitative estimate of drug-likeness (QED) is 0.325. The molecule has 0 spiro atoms. The number of carbonyl (C=O) groups is 1. The zero-order valence-corrected chi connectivity index (χ0v) is 9.02. The van der Waals surface area contributed by atoms with Crippen LogP contribution in [-0.4, -0.2) is 12.6 Å². The Labute approximate surface area is 99.4 Å². The molecule has 0 amide bonds. The first-order valence-electron chi connectivity index (χ1n) is 3.03. The van der Waals surface area contributed by atoms with Gasteiger partial charge in [0.15, 0.2) is 0 Å². The van der Waals surface area contributed by atoms with Crippen molar-refractivity contribution in [2.75, 3.05) is 6.61 Å². The van der Waals surface area contributed by atoms with Gasteiger partial charge in [-0.3, -0.25) is 4.79 Å². The molecule has 0 aliphatic carbocycles. The van der Waals surface area contributed by atoms with Crippen molar-refractivity contribution < 1.29 is 35.9 Å². The summed E-state index contributed by atoms with van der Waals surface area (Å²) >= 11 is 0. The first kappa shape index (κ1) is 29.2. The third kappa shape index (κ3) is 62.3. The van der Waals surface area contributed by atoms with E-state index in [4.69, 9.17) is 19.8 Å². The van der Waals surface area contributed by atoms with Crippen LogP contribution in [0.25, 0.3) is 5.59 Å². The predicted molar refractivity (Wildman–Crippen MR) is 45.2 cm³/mol. The van der Waals surface area contributed by atoms with Gasteiger partial charge < -0.3 is 15.2 Å². The summed E-state index contributed by atoms with van der Waals surface area (Å²) < 4.78 is 19.5. The average Bonchev–Trinajstić information content (AvgIpc) is 2.27. The molecule has 0 aromatic rings. The maximum Gasteiger partial charge on any atom is 2.00 e. The van der Waals surface area contributed by atoms with Crippen molar-refractivity contribution in [2.45, 2.75) is 6.92 Å². The summed E-state index contributed by atoms with van der Waals surface area (Å²) in [5.41, 5.74) is 5.75. The molecule has 0 saturated heterocycles. The molecule has 0 unspecified atom stereocenters. The van der Waals surface area contributed by atoms with Crippen LogP contribution >= 0.6 is 0 Å². The van der Waals surface area contributed by atoms with Crippen molar-refractivity contribution in [3.63, 3.8) is 0 Å². The molecule has 0 aromatic heterocycles. The molecule has 0 saturated carbocycles. The Kier molecular flexibility index (Phi) is 101. The van der Waals surface area contributed by atoms with Gasteiger partial charge in [-0.15, -0.1) is 0 Å². The zero-order valence-electron chi connectivity index (χ0n) is 7.91. The average molecular weight is 255 g/mol. The van der Waals surface area contributed by atoms with Gasteiger partial charge in [0, 0.05) is 0 Å². The van der Waals surface area contributed by atoms with Crippen LogP contribution in [0.5, 0.6) is 0 Å². The van der Waals surface area contributed by atoms with Crippen molar-refractivity contribution in [3.05, 3.63) is 43.6 Å². The van der Waals surface area contributed by atoms with Crippen LogP contribution in [0.15, 0.2) is 0 Å². The Balaban J connectivity index is -0.0000000410. The molecule has 0 N–H and O–H groups in total. The fraction of sp³-hybridized carbons (Fsp3) is 0.250. The zero-order chi connectivity index (χ0) is 12.4. The Hall–Kier alpha value is -0.931. The van der Waals surface area contributed by atoms with Crippen LogP contribution < -0.4 is 0 Å². The minimum atomic E-state index is -0.331. The number of ether oxygens (including phenoxy) is 1. The predicted octanol–water partition coefficient (Wildman–Crippen LogP) is 1.04. The van der Waals surface area contributed by atoms with Gasteiger partial charge in [0.05, 0.1) is 13.0 Å². The third-order valence-electron chi connectivity index (χ3n) is 0.541. The Morgan fingerprint density at radius 3 is 1.93 bits per heavy atom. The standard InChI is InChI=1S/C6H9O2.2CO.Fe.NO/c1-3-5-6(7)8-4-2;2*1-2;;1-2/h3,5H,1,4H2,2H3;;;;/q;;;+2;-1. The van der Waals surface area contributed by atoms with E-state index < -0.39 is 0 Å². The summed E-state index contributed by atoms with van der Waals surface area (Å²) in [6, 6.07) is 0. The number of carbonyl (C=O) groups excluding carboxylic acids is 1. The minimum Gasteiger partial charge on any atom is -0.577 e. The minimum absolute atomic E-state index is 0. The van der Waals surface area contributed by atoms with E-state index in [9.17, 15) is 4.79 Å². The number of rotatable bonds is 3. The molecule has 0 aromatic carbocycles. The van der Waals surface area contributed by atoms with Crippen molar-refractivity contribution in [1.82, 2.24) is 0 Å². The Morgan fingerprint density at radius 2 is 1.73 bits per heavy atom. The molecule has 0 atom stereocenters. The van der Waals surface area contributed by atoms with E-state index in [1.807, 2.05) is 0 Å². The fourth-order valence-corrected chi connectivity index (χ4v) is 0.287. The second-order valence-corrected chi connectivity index (χ2v) is 1.15. The molecule has 7 heteroatoms. The summed E-state index contributed by atoms with van der Waals surface area (Å²) in [6.07, 6.45) is 2.68. The molecule has 0 rings (SSSR count). The number of hydrogen-bond donors (Lipinski definition) is 0. The van der Waals surface area contributed by atoms with E-state index in [2.05, 4.69) is 25.0 Å². The number of esters is 1. The molecular weight excluding hydrogens is 246 g/mol.